The third-order valence-corrected chi connectivity index (χ3v) is 4.39. The first-order valence-electron chi connectivity index (χ1n) is 9.20. The molecule has 2 rings (SSSR count). The van der Waals surface area contributed by atoms with Gasteiger partial charge in [-0.25, -0.2) is 0 Å². The van der Waals surface area contributed by atoms with Crippen molar-refractivity contribution in [3.05, 3.63) is 65.2 Å². The fourth-order valence-electron chi connectivity index (χ4n) is 3.11. The molecule has 0 aliphatic carbocycles. The van der Waals surface area contributed by atoms with Gasteiger partial charge in [-0.05, 0) is 49.1 Å². The molecule has 0 saturated heterocycles. The molecule has 0 bridgehead atoms. The summed E-state index contributed by atoms with van der Waals surface area (Å²) in [5, 5.41) is 2.65. The predicted molar refractivity (Wildman–Crippen MR) is 107 cm³/mol. The Morgan fingerprint density at radius 1 is 1.07 bits per heavy atom. The van der Waals surface area contributed by atoms with Crippen LogP contribution in [0.25, 0.3) is 0 Å². The molecular formula is C22H28N2O3. The van der Waals surface area contributed by atoms with Gasteiger partial charge in [0.1, 0.15) is 11.8 Å². The third kappa shape index (κ3) is 5.84. The van der Waals surface area contributed by atoms with E-state index in [1.54, 1.807) is 11.9 Å². The summed E-state index contributed by atoms with van der Waals surface area (Å²) in [6.45, 7) is 6.13. The van der Waals surface area contributed by atoms with E-state index in [0.717, 1.165) is 16.7 Å². The zero-order valence-electron chi connectivity index (χ0n) is 16.5. The van der Waals surface area contributed by atoms with Crippen molar-refractivity contribution in [3.8, 4) is 5.75 Å². The Kier molecular flexibility index (Phi) is 7.41. The minimum Gasteiger partial charge on any atom is -0.484 e. The molecule has 0 fully saturated rings. The number of hydrogen-bond acceptors (Lipinski definition) is 3. The highest BCUT2D eigenvalue weighted by Crippen LogP contribution is 2.17. The molecular weight excluding hydrogens is 340 g/mol. The predicted octanol–water partition coefficient (Wildman–Crippen LogP) is 3.24. The number of nitrogens with zero attached hydrogens (tertiary/aromatic N) is 1. The fraction of sp³-hybridized carbons (Fsp3) is 0.364. The normalized spacial score (nSPS) is 11.6. The Morgan fingerprint density at radius 3 is 2.26 bits per heavy atom. The van der Waals surface area contributed by atoms with Crippen molar-refractivity contribution in [3.63, 3.8) is 0 Å². The highest BCUT2D eigenvalue weighted by atomic mass is 16.5. The zero-order chi connectivity index (χ0) is 19.8. The van der Waals surface area contributed by atoms with Crippen LogP contribution >= 0.6 is 0 Å². The molecule has 0 unspecified atom stereocenters. The van der Waals surface area contributed by atoms with Gasteiger partial charge in [0, 0.05) is 13.6 Å². The Labute approximate surface area is 161 Å². The summed E-state index contributed by atoms with van der Waals surface area (Å²) >= 11 is 0. The quantitative estimate of drug-likeness (QED) is 0.778. The summed E-state index contributed by atoms with van der Waals surface area (Å²) in [6.07, 6.45) is 0.530. The molecule has 27 heavy (non-hydrogen) atoms. The van der Waals surface area contributed by atoms with Gasteiger partial charge in [-0.1, -0.05) is 43.3 Å². The van der Waals surface area contributed by atoms with Crippen molar-refractivity contribution in [2.75, 3.05) is 13.7 Å². The Balaban J connectivity index is 2.17. The second kappa shape index (κ2) is 9.76. The first-order valence-corrected chi connectivity index (χ1v) is 9.20. The van der Waals surface area contributed by atoms with Crippen molar-refractivity contribution in [1.82, 2.24) is 10.2 Å². The number of ether oxygens (including phenoxy) is 1. The average molecular weight is 368 g/mol. The highest BCUT2D eigenvalue weighted by Gasteiger charge is 2.28. The van der Waals surface area contributed by atoms with E-state index in [0.29, 0.717) is 18.7 Å². The number of benzene rings is 2. The Hall–Kier alpha value is -2.82. The van der Waals surface area contributed by atoms with E-state index in [9.17, 15) is 9.59 Å². The molecule has 0 saturated carbocycles. The second-order valence-corrected chi connectivity index (χ2v) is 6.66. The topological polar surface area (TPSA) is 58.6 Å². The molecule has 0 aromatic heterocycles. The van der Waals surface area contributed by atoms with Crippen LogP contribution in [0.5, 0.6) is 5.75 Å². The molecule has 0 aliphatic heterocycles. The van der Waals surface area contributed by atoms with E-state index >= 15 is 0 Å². The fourth-order valence-corrected chi connectivity index (χ4v) is 3.11. The van der Waals surface area contributed by atoms with Gasteiger partial charge in [0.25, 0.3) is 5.91 Å². The molecule has 1 N–H and O–H groups in total. The number of hydrogen-bond donors (Lipinski definition) is 1. The van der Waals surface area contributed by atoms with Crippen LogP contribution in [0.2, 0.25) is 0 Å². The molecule has 0 spiro atoms. The number of amides is 2. The lowest BCUT2D eigenvalue weighted by atomic mass is 10.1. The Morgan fingerprint density at radius 2 is 1.70 bits per heavy atom. The lowest BCUT2D eigenvalue weighted by Crippen LogP contribution is -2.49. The standard InChI is InChI=1S/C22H28N2O3/c1-5-20(22(26)23-4)24(14-18-9-7-6-8-10-18)21(25)15-27-19-12-16(2)11-17(3)13-19/h6-13,20H,5,14-15H2,1-4H3,(H,23,26)/t20-/m1/s1. The summed E-state index contributed by atoms with van der Waals surface area (Å²) in [7, 11) is 1.59. The SMILES string of the molecule is CC[C@H](C(=O)NC)N(Cc1ccccc1)C(=O)COc1cc(C)cc(C)c1. The molecule has 0 aliphatic rings. The zero-order valence-corrected chi connectivity index (χ0v) is 16.5. The molecule has 5 nitrogen and oxygen atoms in total. The number of likely N-dealkylation sites (N-methyl/N-ethyl adjacent to an activating group) is 1. The van der Waals surface area contributed by atoms with Crippen LogP contribution in [0.1, 0.15) is 30.0 Å². The van der Waals surface area contributed by atoms with Crippen molar-refractivity contribution < 1.29 is 14.3 Å². The van der Waals surface area contributed by atoms with E-state index in [1.165, 1.54) is 0 Å². The van der Waals surface area contributed by atoms with E-state index in [4.69, 9.17) is 4.74 Å². The van der Waals surface area contributed by atoms with Gasteiger partial charge < -0.3 is 15.0 Å². The van der Waals surface area contributed by atoms with Crippen LogP contribution in [-0.4, -0.2) is 36.4 Å². The minimum absolute atomic E-state index is 0.108. The van der Waals surface area contributed by atoms with Gasteiger partial charge in [0.05, 0.1) is 0 Å². The third-order valence-electron chi connectivity index (χ3n) is 4.39. The van der Waals surface area contributed by atoms with Gasteiger partial charge in [-0.3, -0.25) is 9.59 Å². The monoisotopic (exact) mass is 368 g/mol. The molecule has 0 heterocycles. The largest absolute Gasteiger partial charge is 0.484 e. The number of nitrogens with one attached hydrogen (secondary N) is 1. The summed E-state index contributed by atoms with van der Waals surface area (Å²) < 4.78 is 5.73. The lowest BCUT2D eigenvalue weighted by Gasteiger charge is -2.30. The van der Waals surface area contributed by atoms with Gasteiger partial charge in [0.2, 0.25) is 5.91 Å². The van der Waals surface area contributed by atoms with Crippen LogP contribution in [0.3, 0.4) is 0 Å². The second-order valence-electron chi connectivity index (χ2n) is 6.66. The van der Waals surface area contributed by atoms with Crippen LogP contribution in [0.4, 0.5) is 0 Å². The molecule has 1 atom stereocenters. The van der Waals surface area contributed by atoms with E-state index in [2.05, 4.69) is 11.4 Å². The maximum absolute atomic E-state index is 12.9. The van der Waals surface area contributed by atoms with E-state index < -0.39 is 6.04 Å². The number of aryl methyl sites for hydroxylation is 2. The molecule has 5 heteroatoms. The number of rotatable bonds is 8. The Bertz CT molecular complexity index is 754. The van der Waals surface area contributed by atoms with Gasteiger partial charge in [-0.2, -0.15) is 0 Å². The van der Waals surface area contributed by atoms with Crippen molar-refractivity contribution in [2.45, 2.75) is 39.8 Å². The summed E-state index contributed by atoms with van der Waals surface area (Å²) in [6, 6.07) is 15.0. The van der Waals surface area contributed by atoms with Crippen LogP contribution in [0.15, 0.2) is 48.5 Å². The van der Waals surface area contributed by atoms with E-state index in [1.807, 2.05) is 63.2 Å². The molecule has 2 amide bonds. The highest BCUT2D eigenvalue weighted by molar-refractivity contribution is 5.88. The smallest absolute Gasteiger partial charge is 0.261 e. The summed E-state index contributed by atoms with van der Waals surface area (Å²) in [5.41, 5.74) is 3.13. The molecule has 144 valence electrons. The van der Waals surface area contributed by atoms with Crippen molar-refractivity contribution in [1.29, 1.82) is 0 Å². The molecule has 2 aromatic carbocycles. The first-order chi connectivity index (χ1) is 12.9. The van der Waals surface area contributed by atoms with Gasteiger partial charge in [0.15, 0.2) is 6.61 Å². The van der Waals surface area contributed by atoms with Gasteiger partial charge >= 0.3 is 0 Å². The lowest BCUT2D eigenvalue weighted by molar-refractivity contribution is -0.142. The summed E-state index contributed by atoms with van der Waals surface area (Å²) in [4.78, 5) is 26.8. The number of carbonyl (C=O) groups is 2. The van der Waals surface area contributed by atoms with Crippen LogP contribution in [-0.2, 0) is 16.1 Å². The van der Waals surface area contributed by atoms with E-state index in [-0.39, 0.29) is 18.4 Å². The maximum atomic E-state index is 12.9. The molecule has 2 aromatic rings. The average Bonchev–Trinajstić information content (AvgIpc) is 2.65. The number of carbonyl (C=O) groups excluding carboxylic acids is 2. The van der Waals surface area contributed by atoms with Crippen molar-refractivity contribution >= 4 is 11.8 Å². The van der Waals surface area contributed by atoms with Gasteiger partial charge in [-0.15, -0.1) is 0 Å². The molecule has 0 radical (unpaired) electrons. The van der Waals surface area contributed by atoms with Crippen LogP contribution < -0.4 is 10.1 Å². The maximum Gasteiger partial charge on any atom is 0.261 e. The summed E-state index contributed by atoms with van der Waals surface area (Å²) in [5.74, 6) is 0.273. The van der Waals surface area contributed by atoms with Crippen LogP contribution in [0, 0.1) is 13.8 Å². The minimum atomic E-state index is -0.537. The van der Waals surface area contributed by atoms with Crippen molar-refractivity contribution in [2.24, 2.45) is 0 Å². The first kappa shape index (κ1) is 20.5.